The van der Waals surface area contributed by atoms with Crippen molar-refractivity contribution in [2.45, 2.75) is 63.7 Å². The van der Waals surface area contributed by atoms with Crippen LogP contribution in [-0.4, -0.2) is 87.2 Å². The van der Waals surface area contributed by atoms with Gasteiger partial charge in [-0.2, -0.15) is 0 Å². The molecule has 170 valence electrons. The third-order valence-electron chi connectivity index (χ3n) is 4.92. The van der Waals surface area contributed by atoms with Crippen LogP contribution < -0.4 is 16.4 Å². The number of rotatable bonds is 11. The average molecular weight is 430 g/mol. The molecule has 0 aliphatic carbocycles. The fraction of sp³-hybridized carbons (Fsp3) is 0.722. The lowest BCUT2D eigenvalue weighted by molar-refractivity contribution is -0.144. The number of aliphatic hydroxyl groups excluding tert-OH is 1. The second kappa shape index (κ2) is 11.5. The number of carboxylic acid groups (broad SMARTS) is 2. The molecular formula is C18H30N4O8. The first kappa shape index (κ1) is 25.3. The lowest BCUT2D eigenvalue weighted by Crippen LogP contribution is -2.57. The van der Waals surface area contributed by atoms with Gasteiger partial charge in [0.15, 0.2) is 0 Å². The standard InChI is InChI=1S/C18H30N4O8/c1-9(2)14(19)17(28)22-7-3-4-12(22)16(27)20-10(5-6-13(24)25)15(26)21-11(8-23)18(29)30/h9-12,14,23H,3-8,19H2,1-2H3,(H,20,27)(H,21,26)(H,24,25)(H,29,30). The summed E-state index contributed by atoms with van der Waals surface area (Å²) in [5, 5.41) is 31.4. The van der Waals surface area contributed by atoms with Crippen LogP contribution in [0.5, 0.6) is 0 Å². The fourth-order valence-corrected chi connectivity index (χ4v) is 3.04. The van der Waals surface area contributed by atoms with Crippen molar-refractivity contribution in [1.29, 1.82) is 0 Å². The molecule has 1 aliphatic rings. The maximum Gasteiger partial charge on any atom is 0.328 e. The van der Waals surface area contributed by atoms with E-state index in [1.54, 1.807) is 13.8 Å². The highest BCUT2D eigenvalue weighted by atomic mass is 16.4. The number of nitrogens with one attached hydrogen (secondary N) is 2. The van der Waals surface area contributed by atoms with E-state index in [9.17, 15) is 24.0 Å². The molecule has 4 unspecified atom stereocenters. The van der Waals surface area contributed by atoms with Gasteiger partial charge >= 0.3 is 11.9 Å². The van der Waals surface area contributed by atoms with Crippen LogP contribution in [0.2, 0.25) is 0 Å². The van der Waals surface area contributed by atoms with E-state index in [1.807, 2.05) is 0 Å². The maximum atomic E-state index is 12.8. The number of carboxylic acids is 2. The van der Waals surface area contributed by atoms with Crippen molar-refractivity contribution in [3.63, 3.8) is 0 Å². The first-order chi connectivity index (χ1) is 14.0. The Kier molecular flexibility index (Phi) is 9.66. The zero-order chi connectivity index (χ0) is 23.0. The first-order valence-corrected chi connectivity index (χ1v) is 9.71. The molecule has 1 saturated heterocycles. The lowest BCUT2D eigenvalue weighted by atomic mass is 10.0. The molecule has 0 aromatic carbocycles. The smallest absolute Gasteiger partial charge is 0.328 e. The molecule has 0 radical (unpaired) electrons. The van der Waals surface area contributed by atoms with Crippen LogP contribution in [0.3, 0.4) is 0 Å². The molecular weight excluding hydrogens is 400 g/mol. The van der Waals surface area contributed by atoms with Crippen molar-refractivity contribution in [3.8, 4) is 0 Å². The molecule has 0 aromatic rings. The van der Waals surface area contributed by atoms with Gasteiger partial charge in [-0.25, -0.2) is 4.79 Å². The Morgan fingerprint density at radius 1 is 1.10 bits per heavy atom. The Hall–Kier alpha value is -2.73. The number of likely N-dealkylation sites (tertiary alicyclic amines) is 1. The van der Waals surface area contributed by atoms with Crippen molar-refractivity contribution in [3.05, 3.63) is 0 Å². The highest BCUT2D eigenvalue weighted by Crippen LogP contribution is 2.20. The van der Waals surface area contributed by atoms with E-state index < -0.39 is 60.9 Å². The van der Waals surface area contributed by atoms with Crippen molar-refractivity contribution >= 4 is 29.7 Å². The van der Waals surface area contributed by atoms with E-state index in [0.29, 0.717) is 19.4 Å². The topological polar surface area (TPSA) is 199 Å². The van der Waals surface area contributed by atoms with Gasteiger partial charge in [-0.1, -0.05) is 13.8 Å². The number of hydrogen-bond acceptors (Lipinski definition) is 7. The zero-order valence-electron chi connectivity index (χ0n) is 17.0. The van der Waals surface area contributed by atoms with Crippen molar-refractivity contribution in [2.24, 2.45) is 11.7 Å². The Labute approximate surface area is 173 Å². The number of nitrogens with zero attached hydrogens (tertiary/aromatic N) is 1. The van der Waals surface area contributed by atoms with Gasteiger partial charge in [-0.15, -0.1) is 0 Å². The number of hydrogen-bond donors (Lipinski definition) is 6. The molecule has 1 fully saturated rings. The van der Waals surface area contributed by atoms with Crippen LogP contribution in [0.15, 0.2) is 0 Å². The first-order valence-electron chi connectivity index (χ1n) is 9.71. The number of aliphatic carboxylic acids is 2. The molecule has 1 aliphatic heterocycles. The molecule has 4 atom stereocenters. The normalized spacial score (nSPS) is 19.1. The van der Waals surface area contributed by atoms with Gasteiger partial charge in [0.2, 0.25) is 17.7 Å². The van der Waals surface area contributed by atoms with Gasteiger partial charge in [-0.05, 0) is 25.2 Å². The van der Waals surface area contributed by atoms with Gasteiger partial charge in [0, 0.05) is 13.0 Å². The summed E-state index contributed by atoms with van der Waals surface area (Å²) in [7, 11) is 0. The van der Waals surface area contributed by atoms with Crippen molar-refractivity contribution < 1.29 is 39.3 Å². The predicted molar refractivity (Wildman–Crippen MR) is 103 cm³/mol. The van der Waals surface area contributed by atoms with Crippen LogP contribution in [0, 0.1) is 5.92 Å². The molecule has 3 amide bonds. The van der Waals surface area contributed by atoms with Crippen molar-refractivity contribution in [1.82, 2.24) is 15.5 Å². The largest absolute Gasteiger partial charge is 0.481 e. The van der Waals surface area contributed by atoms with Gasteiger partial charge < -0.3 is 36.6 Å². The number of carbonyl (C=O) groups is 5. The third kappa shape index (κ3) is 6.95. The van der Waals surface area contributed by atoms with Gasteiger partial charge in [0.1, 0.15) is 18.1 Å². The summed E-state index contributed by atoms with van der Waals surface area (Å²) in [5.74, 6) is -4.81. The van der Waals surface area contributed by atoms with Gasteiger partial charge in [-0.3, -0.25) is 19.2 Å². The molecule has 12 nitrogen and oxygen atoms in total. The summed E-state index contributed by atoms with van der Waals surface area (Å²) in [4.78, 5) is 61.0. The second-order valence-electron chi connectivity index (χ2n) is 7.54. The summed E-state index contributed by atoms with van der Waals surface area (Å²) in [5.41, 5.74) is 5.90. The molecule has 0 bridgehead atoms. The Bertz CT molecular complexity index is 669. The van der Waals surface area contributed by atoms with Crippen LogP contribution in [0.25, 0.3) is 0 Å². The number of aliphatic hydroxyl groups is 1. The maximum absolute atomic E-state index is 12.8. The van der Waals surface area contributed by atoms with E-state index in [1.165, 1.54) is 4.90 Å². The minimum atomic E-state index is -1.60. The second-order valence-corrected chi connectivity index (χ2v) is 7.54. The molecule has 1 rings (SSSR count). The van der Waals surface area contributed by atoms with Crippen molar-refractivity contribution in [2.75, 3.05) is 13.2 Å². The highest BCUT2D eigenvalue weighted by molar-refractivity contribution is 5.94. The predicted octanol–water partition coefficient (Wildman–Crippen LogP) is -2.13. The SMILES string of the molecule is CC(C)C(N)C(=O)N1CCCC1C(=O)NC(CCC(=O)O)C(=O)NC(CO)C(=O)O. The minimum absolute atomic E-state index is 0.137. The Balaban J connectivity index is 2.92. The van der Waals surface area contributed by atoms with Crippen LogP contribution in [0.4, 0.5) is 0 Å². The summed E-state index contributed by atoms with van der Waals surface area (Å²) >= 11 is 0. The number of carbonyl (C=O) groups excluding carboxylic acids is 3. The lowest BCUT2D eigenvalue weighted by Gasteiger charge is -2.29. The number of nitrogens with two attached hydrogens (primary N) is 1. The van der Waals surface area contributed by atoms with Gasteiger partial charge in [0.25, 0.3) is 0 Å². The van der Waals surface area contributed by atoms with E-state index in [0.717, 1.165) is 0 Å². The van der Waals surface area contributed by atoms with E-state index in [4.69, 9.17) is 21.1 Å². The van der Waals surface area contributed by atoms with Crippen LogP contribution >= 0.6 is 0 Å². The highest BCUT2D eigenvalue weighted by Gasteiger charge is 2.38. The monoisotopic (exact) mass is 430 g/mol. The number of amides is 3. The third-order valence-corrected chi connectivity index (χ3v) is 4.92. The van der Waals surface area contributed by atoms with E-state index in [-0.39, 0.29) is 18.2 Å². The molecule has 0 saturated carbocycles. The van der Waals surface area contributed by atoms with E-state index in [2.05, 4.69) is 10.6 Å². The summed E-state index contributed by atoms with van der Waals surface area (Å²) in [6.07, 6.45) is 0.161. The molecule has 1 heterocycles. The molecule has 7 N–H and O–H groups in total. The summed E-state index contributed by atoms with van der Waals surface area (Å²) in [6.45, 7) is 3.01. The van der Waals surface area contributed by atoms with Crippen LogP contribution in [-0.2, 0) is 24.0 Å². The Morgan fingerprint density at radius 3 is 2.23 bits per heavy atom. The van der Waals surface area contributed by atoms with E-state index >= 15 is 0 Å². The molecule has 12 heteroatoms. The molecule has 0 spiro atoms. The summed E-state index contributed by atoms with van der Waals surface area (Å²) < 4.78 is 0. The minimum Gasteiger partial charge on any atom is -0.481 e. The van der Waals surface area contributed by atoms with Crippen LogP contribution in [0.1, 0.15) is 39.5 Å². The zero-order valence-corrected chi connectivity index (χ0v) is 17.0. The quantitative estimate of drug-likeness (QED) is 0.212. The summed E-state index contributed by atoms with van der Waals surface area (Å²) in [6, 6.07) is -4.60. The fourth-order valence-electron chi connectivity index (χ4n) is 3.04. The molecule has 30 heavy (non-hydrogen) atoms. The molecule has 0 aromatic heterocycles. The average Bonchev–Trinajstić information content (AvgIpc) is 3.17. The van der Waals surface area contributed by atoms with Gasteiger partial charge in [0.05, 0.1) is 12.6 Å². The Morgan fingerprint density at radius 2 is 1.73 bits per heavy atom.